The van der Waals surface area contributed by atoms with Gasteiger partial charge in [-0.25, -0.2) is 0 Å². The van der Waals surface area contributed by atoms with Crippen molar-refractivity contribution in [1.82, 2.24) is 0 Å². The van der Waals surface area contributed by atoms with Crippen LogP contribution >= 0.6 is 0 Å². The van der Waals surface area contributed by atoms with Crippen molar-refractivity contribution in [2.24, 2.45) is 0 Å². The number of hydrogen-bond donors (Lipinski definition) is 2. The minimum Gasteiger partial charge on any atom is -0.481 e. The summed E-state index contributed by atoms with van der Waals surface area (Å²) in [6.07, 6.45) is 8.69. The maximum absolute atomic E-state index is 9.43. The first kappa shape index (κ1) is 23.3. The SMILES string of the molecule is C[C-](C)C.O=C(O)CC(=O)O.[CH-]1CCCCC1.[Ca+2]. The second-order valence-corrected chi connectivity index (χ2v) is 4.39. The number of aliphatic carboxylic acids is 2. The Morgan fingerprint density at radius 3 is 1.39 bits per heavy atom. The largest absolute Gasteiger partial charge is 2.00 e. The van der Waals surface area contributed by atoms with E-state index < -0.39 is 18.4 Å². The molecule has 0 aromatic carbocycles. The van der Waals surface area contributed by atoms with Crippen LogP contribution in [-0.4, -0.2) is 59.9 Å². The fourth-order valence-electron chi connectivity index (χ4n) is 1.03. The molecule has 0 aliphatic heterocycles. The maximum atomic E-state index is 9.43. The van der Waals surface area contributed by atoms with Crippen molar-refractivity contribution in [2.45, 2.75) is 59.3 Å². The van der Waals surface area contributed by atoms with E-state index in [-0.39, 0.29) is 37.7 Å². The van der Waals surface area contributed by atoms with Crippen LogP contribution in [0.15, 0.2) is 0 Å². The molecule has 5 heteroatoms. The second kappa shape index (κ2) is 17.2. The molecule has 0 amide bonds. The average Bonchev–Trinajstić information content (AvgIpc) is 2.18. The summed E-state index contributed by atoms with van der Waals surface area (Å²) in [7, 11) is 0. The summed E-state index contributed by atoms with van der Waals surface area (Å²) in [6, 6.07) is 0. The van der Waals surface area contributed by atoms with Gasteiger partial charge in [-0.2, -0.15) is 33.6 Å². The quantitative estimate of drug-likeness (QED) is 0.464. The standard InChI is InChI=1S/C6H11.C4H9.C3H4O4.Ca/c1-2-4-6-5-3-1;1-4(2)3;4-2(5)1-3(6)7;/h1H,2-6H2;1-3H3;1H2,(H,4,5)(H,6,7);/q2*-1;;+2. The van der Waals surface area contributed by atoms with Crippen molar-refractivity contribution in [2.75, 3.05) is 0 Å². The molecule has 102 valence electrons. The van der Waals surface area contributed by atoms with E-state index >= 15 is 0 Å². The maximum Gasteiger partial charge on any atom is 2.00 e. The van der Waals surface area contributed by atoms with Crippen LogP contribution in [0.25, 0.3) is 0 Å². The summed E-state index contributed by atoms with van der Waals surface area (Å²) >= 11 is 0. The Morgan fingerprint density at radius 2 is 1.33 bits per heavy atom. The second-order valence-electron chi connectivity index (χ2n) is 4.39. The van der Waals surface area contributed by atoms with Crippen LogP contribution < -0.4 is 0 Å². The van der Waals surface area contributed by atoms with Crippen LogP contribution in [0.1, 0.15) is 59.3 Å². The third-order valence-electron chi connectivity index (χ3n) is 1.62. The molecule has 18 heavy (non-hydrogen) atoms. The molecule has 0 unspecified atom stereocenters. The van der Waals surface area contributed by atoms with Gasteiger partial charge in [0.05, 0.1) is 0 Å². The van der Waals surface area contributed by atoms with Gasteiger partial charge in [0.2, 0.25) is 0 Å². The first-order valence-electron chi connectivity index (χ1n) is 5.88. The van der Waals surface area contributed by atoms with Gasteiger partial charge in [0.1, 0.15) is 6.42 Å². The molecule has 0 aromatic heterocycles. The number of carboxylic acids is 2. The Balaban J connectivity index is -0.000000189. The Morgan fingerprint density at radius 1 is 1.00 bits per heavy atom. The zero-order valence-corrected chi connectivity index (χ0v) is 13.9. The van der Waals surface area contributed by atoms with Crippen LogP contribution in [0.4, 0.5) is 0 Å². The Labute approximate surface area is 140 Å². The third kappa shape index (κ3) is 36.0. The fourth-order valence-corrected chi connectivity index (χ4v) is 1.03. The predicted molar refractivity (Wildman–Crippen MR) is 73.3 cm³/mol. The van der Waals surface area contributed by atoms with E-state index in [9.17, 15) is 9.59 Å². The molecule has 0 aromatic rings. The molecule has 2 N–H and O–H groups in total. The van der Waals surface area contributed by atoms with Gasteiger partial charge in [0, 0.05) is 0 Å². The first-order valence-corrected chi connectivity index (χ1v) is 5.88. The molecule has 1 fully saturated rings. The third-order valence-corrected chi connectivity index (χ3v) is 1.62. The number of carbonyl (C=O) groups is 2. The monoisotopic (exact) mass is 284 g/mol. The molecule has 1 saturated carbocycles. The fraction of sp³-hybridized carbons (Fsp3) is 0.692. The summed E-state index contributed by atoms with van der Waals surface area (Å²) in [5.41, 5.74) is 0. The van der Waals surface area contributed by atoms with Crippen molar-refractivity contribution in [1.29, 1.82) is 0 Å². The molecule has 1 aliphatic rings. The van der Waals surface area contributed by atoms with E-state index in [2.05, 4.69) is 27.2 Å². The molecule has 4 nitrogen and oxygen atoms in total. The van der Waals surface area contributed by atoms with E-state index in [1.807, 2.05) is 0 Å². The molecule has 0 bridgehead atoms. The van der Waals surface area contributed by atoms with Gasteiger partial charge < -0.3 is 22.6 Å². The minimum absolute atomic E-state index is 0. The molecule has 1 aliphatic carbocycles. The molecule has 0 atom stereocenters. The summed E-state index contributed by atoms with van der Waals surface area (Å²) in [5.74, 6) is -1.21. The van der Waals surface area contributed by atoms with Gasteiger partial charge in [-0.3, -0.25) is 9.59 Å². The molecule has 1 rings (SSSR count). The zero-order valence-electron chi connectivity index (χ0n) is 11.7. The van der Waals surface area contributed by atoms with Crippen molar-refractivity contribution in [3.05, 3.63) is 12.3 Å². The smallest absolute Gasteiger partial charge is 0.481 e. The number of carboxylic acid groups (broad SMARTS) is 2. The summed E-state index contributed by atoms with van der Waals surface area (Å²) in [6.45, 7) is 6.25. The van der Waals surface area contributed by atoms with Crippen molar-refractivity contribution >= 4 is 49.7 Å². The van der Waals surface area contributed by atoms with Gasteiger partial charge in [-0.15, -0.1) is 0 Å². The summed E-state index contributed by atoms with van der Waals surface area (Å²) < 4.78 is 0. The van der Waals surface area contributed by atoms with Crippen LogP contribution in [0, 0.1) is 12.3 Å². The Bertz CT molecular complexity index is 175. The van der Waals surface area contributed by atoms with Gasteiger partial charge in [-0.05, 0) is 0 Å². The van der Waals surface area contributed by atoms with Crippen LogP contribution in [0.3, 0.4) is 0 Å². The van der Waals surface area contributed by atoms with E-state index in [0.717, 1.165) is 0 Å². The van der Waals surface area contributed by atoms with Crippen LogP contribution in [0.5, 0.6) is 0 Å². The minimum atomic E-state index is -1.31. The van der Waals surface area contributed by atoms with E-state index in [4.69, 9.17) is 10.2 Å². The van der Waals surface area contributed by atoms with Crippen molar-refractivity contribution in [3.63, 3.8) is 0 Å². The van der Waals surface area contributed by atoms with E-state index in [1.54, 1.807) is 0 Å². The predicted octanol–water partition coefficient (Wildman–Crippen LogP) is 2.94. The summed E-state index contributed by atoms with van der Waals surface area (Å²) in [4.78, 5) is 18.9. The molecular weight excluding hydrogens is 260 g/mol. The van der Waals surface area contributed by atoms with Gasteiger partial charge in [0.15, 0.2) is 0 Å². The van der Waals surface area contributed by atoms with E-state index in [0.29, 0.717) is 0 Å². The first-order chi connectivity index (χ1) is 7.86. The average molecular weight is 284 g/mol. The molecule has 0 radical (unpaired) electrons. The van der Waals surface area contributed by atoms with Crippen molar-refractivity contribution in [3.8, 4) is 0 Å². The van der Waals surface area contributed by atoms with Crippen LogP contribution in [-0.2, 0) is 9.59 Å². The summed E-state index contributed by atoms with van der Waals surface area (Å²) in [5, 5.41) is 15.4. The zero-order chi connectivity index (χ0) is 13.7. The van der Waals surface area contributed by atoms with Gasteiger partial charge >= 0.3 is 49.7 Å². The number of rotatable bonds is 2. The van der Waals surface area contributed by atoms with Gasteiger partial charge in [0.25, 0.3) is 0 Å². The molecule has 0 heterocycles. The van der Waals surface area contributed by atoms with E-state index in [1.165, 1.54) is 38.0 Å². The molecule has 0 saturated heterocycles. The number of hydrogen-bond acceptors (Lipinski definition) is 2. The molecule has 0 spiro atoms. The van der Waals surface area contributed by atoms with Gasteiger partial charge in [-0.1, -0.05) is 19.3 Å². The molecular formula is C13H24CaO4. The topological polar surface area (TPSA) is 74.6 Å². The normalized spacial score (nSPS) is 13.1. The van der Waals surface area contributed by atoms with Crippen LogP contribution in [0.2, 0.25) is 0 Å². The Hall–Kier alpha value is 0.200. The Kier molecular flexibility index (Phi) is 22.3. The van der Waals surface area contributed by atoms with Crippen molar-refractivity contribution < 1.29 is 19.8 Å².